The van der Waals surface area contributed by atoms with Crippen LogP contribution < -0.4 is 9.79 Å². The van der Waals surface area contributed by atoms with Gasteiger partial charge in [-0.1, -0.05) is 4.68 Å². The second-order valence-electron chi connectivity index (χ2n) is 3.47. The molecule has 0 radical (unpaired) electrons. The van der Waals surface area contributed by atoms with Crippen LogP contribution >= 0.6 is 11.8 Å². The average Bonchev–Trinajstić information content (AvgIpc) is 3.00. The van der Waals surface area contributed by atoms with Crippen LogP contribution in [0.4, 0.5) is 5.88 Å². The maximum Gasteiger partial charge on any atom is 0.320 e. The van der Waals surface area contributed by atoms with Crippen molar-refractivity contribution in [2.75, 3.05) is 5.75 Å². The molecule has 0 aliphatic carbocycles. The number of aromatic nitrogens is 2. The van der Waals surface area contributed by atoms with Gasteiger partial charge >= 0.3 is 5.88 Å². The van der Waals surface area contributed by atoms with Gasteiger partial charge in [0, 0.05) is 5.75 Å². The van der Waals surface area contributed by atoms with Gasteiger partial charge in [-0.3, -0.25) is 4.52 Å². The quantitative estimate of drug-likeness (QED) is 0.441. The summed E-state index contributed by atoms with van der Waals surface area (Å²) in [5.74, 6) is 1.77. The summed E-state index contributed by atoms with van der Waals surface area (Å²) in [5, 5.41) is 15.2. The fourth-order valence-electron chi connectivity index (χ4n) is 1.26. The molecule has 18 heavy (non-hydrogen) atoms. The van der Waals surface area contributed by atoms with Crippen LogP contribution in [0.25, 0.3) is 0 Å². The molecule has 0 aromatic carbocycles. The molecule has 0 saturated carbocycles. The number of hydrogen-bond acceptors (Lipinski definition) is 6. The van der Waals surface area contributed by atoms with E-state index in [1.165, 1.54) is 11.8 Å². The summed E-state index contributed by atoms with van der Waals surface area (Å²) in [7, 11) is 0. The van der Waals surface area contributed by atoms with Crippen molar-refractivity contribution in [3.05, 3.63) is 30.4 Å². The van der Waals surface area contributed by atoms with Crippen LogP contribution in [-0.4, -0.2) is 16.9 Å². The van der Waals surface area contributed by atoms with Gasteiger partial charge in [-0.05, 0) is 25.0 Å². The smallest absolute Gasteiger partial charge is 0.320 e. The van der Waals surface area contributed by atoms with Gasteiger partial charge in [0.25, 0.3) is 6.20 Å². The van der Waals surface area contributed by atoms with Crippen molar-refractivity contribution < 1.29 is 18.7 Å². The zero-order valence-electron chi connectivity index (χ0n) is 9.91. The fraction of sp³-hybridized carbons (Fsp3) is 0.364. The Balaban J connectivity index is 1.81. The van der Waals surface area contributed by atoms with E-state index in [9.17, 15) is 5.11 Å². The van der Waals surface area contributed by atoms with Crippen LogP contribution in [0.2, 0.25) is 0 Å². The number of rotatable bonds is 6. The molecule has 0 unspecified atom stereocenters. The summed E-state index contributed by atoms with van der Waals surface area (Å²) >= 11 is 1.44. The third-order valence-electron chi connectivity index (χ3n) is 2.11. The number of nitrogens with zero attached hydrogens (tertiary/aromatic N) is 3. The van der Waals surface area contributed by atoms with Gasteiger partial charge in [-0.25, -0.2) is 4.99 Å². The van der Waals surface area contributed by atoms with Gasteiger partial charge in [0.15, 0.2) is 6.54 Å². The lowest BCUT2D eigenvalue weighted by atomic mass is 10.5. The molecule has 2 aromatic rings. The zero-order chi connectivity index (χ0) is 12.8. The van der Waals surface area contributed by atoms with Gasteiger partial charge < -0.3 is 9.52 Å². The molecular formula is C11H13N3O3S. The number of aliphatic imine (C=N–C) groups is 1. The van der Waals surface area contributed by atoms with E-state index < -0.39 is 0 Å². The topological polar surface area (TPSA) is 78.5 Å². The lowest BCUT2D eigenvalue weighted by Crippen LogP contribution is -2.32. The molecule has 0 atom stereocenters. The van der Waals surface area contributed by atoms with Crippen molar-refractivity contribution in [1.82, 2.24) is 5.27 Å². The molecule has 7 heteroatoms. The maximum absolute atomic E-state index is 11.5. The van der Waals surface area contributed by atoms with Gasteiger partial charge in [-0.2, -0.15) is 0 Å². The second-order valence-corrected chi connectivity index (χ2v) is 4.46. The third-order valence-corrected chi connectivity index (χ3v) is 3.05. The highest BCUT2D eigenvalue weighted by Gasteiger charge is 2.06. The van der Waals surface area contributed by atoms with Crippen LogP contribution in [0.3, 0.4) is 0 Å². The molecule has 0 fully saturated rings. The summed E-state index contributed by atoms with van der Waals surface area (Å²) in [6.07, 6.45) is 3.20. The molecule has 2 heterocycles. The van der Waals surface area contributed by atoms with Crippen LogP contribution in [-0.2, 0) is 12.3 Å². The first-order valence-electron chi connectivity index (χ1n) is 5.49. The highest BCUT2D eigenvalue weighted by molar-refractivity contribution is 7.99. The SMILES string of the molecule is CC[n+]1cc(/N=C(\[O-])CSCc2ccco2)on1. The molecule has 0 aliphatic rings. The normalized spacial score (nSPS) is 11.9. The van der Waals surface area contributed by atoms with E-state index in [0.717, 1.165) is 5.76 Å². The summed E-state index contributed by atoms with van der Waals surface area (Å²) < 4.78 is 11.6. The summed E-state index contributed by atoms with van der Waals surface area (Å²) in [4.78, 5) is 3.81. The lowest BCUT2D eigenvalue weighted by molar-refractivity contribution is -0.759. The maximum atomic E-state index is 11.5. The average molecular weight is 267 g/mol. The number of thioether (sulfide) groups is 1. The molecule has 0 aliphatic heterocycles. The van der Waals surface area contributed by atoms with Crippen LogP contribution in [0.1, 0.15) is 12.7 Å². The Morgan fingerprint density at radius 3 is 3.17 bits per heavy atom. The van der Waals surface area contributed by atoms with Crippen LogP contribution in [0, 0.1) is 0 Å². The monoisotopic (exact) mass is 267 g/mol. The fourth-order valence-corrected chi connectivity index (χ4v) is 1.96. The van der Waals surface area contributed by atoms with E-state index in [0.29, 0.717) is 12.3 Å². The van der Waals surface area contributed by atoms with E-state index in [-0.39, 0.29) is 17.5 Å². The number of hydrogen-bond donors (Lipinski definition) is 0. The minimum absolute atomic E-state index is 0.237. The Bertz CT molecular complexity index is 507. The molecule has 0 spiro atoms. The molecule has 0 bridgehead atoms. The first-order chi connectivity index (χ1) is 8.78. The van der Waals surface area contributed by atoms with E-state index >= 15 is 0 Å². The highest BCUT2D eigenvalue weighted by Crippen LogP contribution is 2.13. The Labute approximate surface area is 108 Å². The van der Waals surface area contributed by atoms with Gasteiger partial charge in [0.2, 0.25) is 5.27 Å². The zero-order valence-corrected chi connectivity index (χ0v) is 10.7. The van der Waals surface area contributed by atoms with E-state index in [1.54, 1.807) is 17.1 Å². The molecule has 0 N–H and O–H groups in total. The van der Waals surface area contributed by atoms with E-state index in [2.05, 4.69) is 10.3 Å². The van der Waals surface area contributed by atoms with Crippen molar-refractivity contribution in [1.29, 1.82) is 0 Å². The van der Waals surface area contributed by atoms with E-state index in [1.807, 2.05) is 19.1 Å². The van der Waals surface area contributed by atoms with Crippen LogP contribution in [0.15, 0.2) is 38.5 Å². The Morgan fingerprint density at radius 2 is 2.50 bits per heavy atom. The predicted molar refractivity (Wildman–Crippen MR) is 64.3 cm³/mol. The first kappa shape index (κ1) is 12.7. The van der Waals surface area contributed by atoms with Crippen molar-refractivity contribution in [2.45, 2.75) is 19.2 Å². The van der Waals surface area contributed by atoms with Crippen molar-refractivity contribution >= 4 is 23.5 Å². The third kappa shape index (κ3) is 3.63. The van der Waals surface area contributed by atoms with E-state index in [4.69, 9.17) is 8.94 Å². The van der Waals surface area contributed by atoms with Gasteiger partial charge in [-0.15, -0.1) is 11.8 Å². The predicted octanol–water partition coefficient (Wildman–Crippen LogP) is 0.899. The van der Waals surface area contributed by atoms with Crippen LogP contribution in [0.5, 0.6) is 0 Å². The molecule has 0 amide bonds. The number of furan rings is 1. The van der Waals surface area contributed by atoms with Crippen molar-refractivity contribution in [3.63, 3.8) is 0 Å². The summed E-state index contributed by atoms with van der Waals surface area (Å²) in [6, 6.07) is 3.69. The summed E-state index contributed by atoms with van der Waals surface area (Å²) in [5.41, 5.74) is 0. The second kappa shape index (κ2) is 6.25. The first-order valence-corrected chi connectivity index (χ1v) is 6.64. The molecule has 96 valence electrons. The highest BCUT2D eigenvalue weighted by atomic mass is 32.2. The van der Waals surface area contributed by atoms with Gasteiger partial charge in [0.05, 0.1) is 12.0 Å². The standard InChI is InChI=1S/C11H13N3O3S/c1-2-14-6-11(17-13-14)12-10(15)8-18-7-9-4-3-5-16-9/h3-6H,2,7-8H2,1H3. The largest absolute Gasteiger partial charge is 0.861 e. The Morgan fingerprint density at radius 1 is 1.61 bits per heavy atom. The molecule has 6 nitrogen and oxygen atoms in total. The molecule has 2 aromatic heterocycles. The molecule has 2 rings (SSSR count). The van der Waals surface area contributed by atoms with Crippen molar-refractivity contribution in [3.8, 4) is 0 Å². The summed E-state index contributed by atoms with van der Waals surface area (Å²) in [6.45, 7) is 2.60. The van der Waals surface area contributed by atoms with Gasteiger partial charge in [0.1, 0.15) is 5.76 Å². The Hall–Kier alpha value is -1.76. The minimum atomic E-state index is -0.244. The molecule has 0 saturated heterocycles. The lowest BCUT2D eigenvalue weighted by Gasteiger charge is -2.06. The molecular weight excluding hydrogens is 254 g/mol. The number of aryl methyl sites for hydroxylation is 1. The Kier molecular flexibility index (Phi) is 4.40. The van der Waals surface area contributed by atoms with Crippen molar-refractivity contribution in [2.24, 2.45) is 4.99 Å². The minimum Gasteiger partial charge on any atom is -0.861 e.